The van der Waals surface area contributed by atoms with Gasteiger partial charge >= 0.3 is 0 Å². The number of hydrogen-bond acceptors (Lipinski definition) is 3. The van der Waals surface area contributed by atoms with Crippen molar-refractivity contribution in [3.63, 3.8) is 0 Å². The Labute approximate surface area is 144 Å². The second-order valence-corrected chi connectivity index (χ2v) is 7.17. The molecule has 1 aromatic heterocycles. The highest BCUT2D eigenvalue weighted by molar-refractivity contribution is 5.74. The van der Waals surface area contributed by atoms with E-state index < -0.39 is 0 Å². The summed E-state index contributed by atoms with van der Waals surface area (Å²) >= 11 is 0. The summed E-state index contributed by atoms with van der Waals surface area (Å²) in [6, 6.07) is 15.3. The molecule has 124 valence electrons. The van der Waals surface area contributed by atoms with Gasteiger partial charge in [-0.1, -0.05) is 36.4 Å². The predicted molar refractivity (Wildman–Crippen MR) is 95.3 cm³/mol. The molecule has 0 radical (unpaired) electrons. The molecule has 2 aliphatic rings. The van der Waals surface area contributed by atoms with Gasteiger partial charge in [0.05, 0.1) is 16.2 Å². The molecular weight excluding hydrogens is 314 g/mol. The summed E-state index contributed by atoms with van der Waals surface area (Å²) in [5.41, 5.74) is 5.03. The van der Waals surface area contributed by atoms with Crippen LogP contribution in [0.15, 0.2) is 48.5 Å². The highest BCUT2D eigenvalue weighted by Crippen LogP contribution is 2.75. The normalized spacial score (nSPS) is 23.2. The molecule has 0 atom stereocenters. The van der Waals surface area contributed by atoms with Crippen LogP contribution >= 0.6 is 0 Å². The minimum Gasteiger partial charge on any atom is -0.342 e. The van der Waals surface area contributed by atoms with Gasteiger partial charge in [-0.2, -0.15) is 0 Å². The number of nitrogens with one attached hydrogen (secondary N) is 1. The number of rotatable bonds is 4. The van der Waals surface area contributed by atoms with Gasteiger partial charge < -0.3 is 4.98 Å². The molecule has 2 aromatic carbocycles. The monoisotopic (exact) mass is 331 g/mol. The van der Waals surface area contributed by atoms with Crippen molar-refractivity contribution in [2.45, 2.75) is 25.2 Å². The summed E-state index contributed by atoms with van der Waals surface area (Å²) in [6.45, 7) is 1.90. The first kappa shape index (κ1) is 14.4. The zero-order valence-electron chi connectivity index (χ0n) is 13.8. The third-order valence-corrected chi connectivity index (χ3v) is 5.66. The van der Waals surface area contributed by atoms with Crippen LogP contribution in [0.1, 0.15) is 24.1 Å². The molecule has 2 saturated carbocycles. The lowest BCUT2D eigenvalue weighted by Crippen LogP contribution is -1.93. The standard InChI is InChI=1S/C20H17N3O2/c1-12-18(16-4-2-3-5-17(16)23(24)25)22-19(21-12)13-6-8-14(9-7-13)20-10-15(20)11-20/h2-9,15H,10-11H2,1H3,(H,21,22). The second-order valence-electron chi connectivity index (χ2n) is 7.17. The molecule has 2 aliphatic carbocycles. The van der Waals surface area contributed by atoms with E-state index in [9.17, 15) is 10.1 Å². The maximum atomic E-state index is 11.3. The smallest absolute Gasteiger partial charge is 0.278 e. The van der Waals surface area contributed by atoms with E-state index in [-0.39, 0.29) is 10.6 Å². The van der Waals surface area contributed by atoms with E-state index >= 15 is 0 Å². The Hall–Kier alpha value is -2.95. The van der Waals surface area contributed by atoms with E-state index in [1.807, 2.05) is 6.92 Å². The summed E-state index contributed by atoms with van der Waals surface area (Å²) in [5.74, 6) is 1.67. The van der Waals surface area contributed by atoms with Crippen LogP contribution in [0.5, 0.6) is 0 Å². The van der Waals surface area contributed by atoms with Crippen LogP contribution in [0.2, 0.25) is 0 Å². The molecule has 0 amide bonds. The fraction of sp³-hybridized carbons (Fsp3) is 0.250. The number of H-pyrrole nitrogens is 1. The molecule has 1 N–H and O–H groups in total. The van der Waals surface area contributed by atoms with Crippen molar-refractivity contribution in [1.82, 2.24) is 9.97 Å². The number of nitrogens with zero attached hydrogens (tertiary/aromatic N) is 2. The molecule has 0 bridgehead atoms. The summed E-state index contributed by atoms with van der Waals surface area (Å²) in [4.78, 5) is 18.9. The fourth-order valence-corrected chi connectivity index (χ4v) is 3.83. The van der Waals surface area contributed by atoms with Crippen LogP contribution < -0.4 is 0 Å². The lowest BCUT2D eigenvalue weighted by atomic mass is 10.0. The quantitative estimate of drug-likeness (QED) is 0.560. The highest BCUT2D eigenvalue weighted by Gasteiger charge is 2.70. The summed E-state index contributed by atoms with van der Waals surface area (Å²) in [5, 5.41) is 11.3. The Morgan fingerprint density at radius 3 is 2.48 bits per heavy atom. The van der Waals surface area contributed by atoms with Gasteiger partial charge in [-0.3, -0.25) is 10.1 Å². The van der Waals surface area contributed by atoms with E-state index in [2.05, 4.69) is 34.2 Å². The van der Waals surface area contributed by atoms with Crippen molar-refractivity contribution in [2.75, 3.05) is 0 Å². The number of hydrogen-bond donors (Lipinski definition) is 1. The number of para-hydroxylation sites is 1. The third-order valence-electron chi connectivity index (χ3n) is 5.66. The van der Waals surface area contributed by atoms with Crippen molar-refractivity contribution in [1.29, 1.82) is 0 Å². The number of nitro benzene ring substituents is 1. The minimum absolute atomic E-state index is 0.0756. The van der Waals surface area contributed by atoms with E-state index in [1.165, 1.54) is 24.5 Å². The molecule has 5 nitrogen and oxygen atoms in total. The van der Waals surface area contributed by atoms with Crippen molar-refractivity contribution in [3.8, 4) is 22.6 Å². The number of imidazole rings is 1. The average Bonchev–Trinajstić information content (AvgIpc) is 3.45. The largest absolute Gasteiger partial charge is 0.342 e. The Kier molecular flexibility index (Phi) is 2.76. The number of fused-ring (bicyclic) bond motifs is 1. The number of aromatic amines is 1. The van der Waals surface area contributed by atoms with Gasteiger partial charge in [-0.05, 0) is 42.7 Å². The molecule has 25 heavy (non-hydrogen) atoms. The van der Waals surface area contributed by atoms with E-state index in [0.717, 1.165) is 23.0 Å². The van der Waals surface area contributed by atoms with Gasteiger partial charge in [0.15, 0.2) is 0 Å². The van der Waals surface area contributed by atoms with Crippen molar-refractivity contribution in [3.05, 3.63) is 69.9 Å². The van der Waals surface area contributed by atoms with Gasteiger partial charge in [0.1, 0.15) is 5.82 Å². The lowest BCUT2D eigenvalue weighted by Gasteiger charge is -2.04. The lowest BCUT2D eigenvalue weighted by molar-refractivity contribution is -0.384. The summed E-state index contributed by atoms with van der Waals surface area (Å²) < 4.78 is 0. The SMILES string of the molecule is Cc1[nH]c(-c2ccc(C34CC3C4)cc2)nc1-c1ccccc1[N+](=O)[O-]. The van der Waals surface area contributed by atoms with Crippen LogP contribution in [-0.2, 0) is 5.41 Å². The van der Waals surface area contributed by atoms with Crippen molar-refractivity contribution in [2.24, 2.45) is 5.92 Å². The topological polar surface area (TPSA) is 71.8 Å². The molecule has 5 heteroatoms. The van der Waals surface area contributed by atoms with Crippen LogP contribution in [0.25, 0.3) is 22.6 Å². The van der Waals surface area contributed by atoms with Gasteiger partial charge in [-0.25, -0.2) is 4.98 Å². The van der Waals surface area contributed by atoms with Gasteiger partial charge in [0, 0.05) is 17.3 Å². The number of aryl methyl sites for hydroxylation is 1. The van der Waals surface area contributed by atoms with Crippen LogP contribution in [0, 0.1) is 23.0 Å². The number of nitro groups is 1. The molecule has 0 unspecified atom stereocenters. The molecule has 2 fully saturated rings. The first-order valence-electron chi connectivity index (χ1n) is 8.50. The molecule has 0 aliphatic heterocycles. The molecule has 1 heterocycles. The molecule has 3 aromatic rings. The van der Waals surface area contributed by atoms with Crippen molar-refractivity contribution < 1.29 is 4.92 Å². The molecule has 0 spiro atoms. The first-order valence-corrected chi connectivity index (χ1v) is 8.50. The highest BCUT2D eigenvalue weighted by atomic mass is 16.6. The van der Waals surface area contributed by atoms with Crippen LogP contribution in [0.4, 0.5) is 5.69 Å². The Morgan fingerprint density at radius 1 is 1.16 bits per heavy atom. The fourth-order valence-electron chi connectivity index (χ4n) is 3.83. The van der Waals surface area contributed by atoms with Crippen molar-refractivity contribution >= 4 is 5.69 Å². The second kappa shape index (κ2) is 4.79. The van der Waals surface area contributed by atoms with E-state index in [0.29, 0.717) is 16.7 Å². The van der Waals surface area contributed by atoms with Gasteiger partial charge in [0.25, 0.3) is 5.69 Å². The number of benzene rings is 2. The molecule has 0 saturated heterocycles. The van der Waals surface area contributed by atoms with Gasteiger partial charge in [0.2, 0.25) is 0 Å². The Morgan fingerprint density at radius 2 is 1.84 bits per heavy atom. The maximum absolute atomic E-state index is 11.3. The zero-order chi connectivity index (χ0) is 17.2. The van der Waals surface area contributed by atoms with E-state index in [1.54, 1.807) is 18.2 Å². The van der Waals surface area contributed by atoms with Gasteiger partial charge in [-0.15, -0.1) is 0 Å². The van der Waals surface area contributed by atoms with Crippen LogP contribution in [-0.4, -0.2) is 14.9 Å². The third kappa shape index (κ3) is 2.12. The number of aromatic nitrogens is 2. The Bertz CT molecular complexity index is 998. The minimum atomic E-state index is -0.362. The average molecular weight is 331 g/mol. The Balaban J connectivity index is 1.53. The van der Waals surface area contributed by atoms with E-state index in [4.69, 9.17) is 0 Å². The zero-order valence-corrected chi connectivity index (χ0v) is 13.8. The predicted octanol–water partition coefficient (Wildman–Crippen LogP) is 4.62. The first-order chi connectivity index (χ1) is 12.1. The van der Waals surface area contributed by atoms with Crippen LogP contribution in [0.3, 0.4) is 0 Å². The summed E-state index contributed by atoms with van der Waals surface area (Å²) in [7, 11) is 0. The summed E-state index contributed by atoms with van der Waals surface area (Å²) in [6.07, 6.45) is 2.68. The molecule has 5 rings (SSSR count). The maximum Gasteiger partial charge on any atom is 0.278 e. The molecular formula is C20H17N3O2.